The lowest BCUT2D eigenvalue weighted by Crippen LogP contribution is -2.04. The largest absolute Gasteiger partial charge is 0.373 e. The van der Waals surface area contributed by atoms with E-state index in [0.717, 1.165) is 34.4 Å². The maximum absolute atomic E-state index is 5.62. The van der Waals surface area contributed by atoms with Gasteiger partial charge in [-0.15, -0.1) is 11.3 Å². The summed E-state index contributed by atoms with van der Waals surface area (Å²) >= 11 is 1.64. The minimum Gasteiger partial charge on any atom is -0.373 e. The molecule has 1 N–H and O–H groups in total. The van der Waals surface area contributed by atoms with Crippen LogP contribution in [0.15, 0.2) is 11.4 Å². The molecule has 1 aliphatic rings. The van der Waals surface area contributed by atoms with Gasteiger partial charge in [-0.2, -0.15) is 0 Å². The maximum atomic E-state index is 5.62. The van der Waals surface area contributed by atoms with Crippen LogP contribution in [0.3, 0.4) is 0 Å². The average Bonchev–Trinajstić information content (AvgIpc) is 3.04. The molecule has 2 aromatic rings. The van der Waals surface area contributed by atoms with Gasteiger partial charge in [0.25, 0.3) is 0 Å². The summed E-state index contributed by atoms with van der Waals surface area (Å²) in [6.45, 7) is 1.36. The van der Waals surface area contributed by atoms with Crippen molar-refractivity contribution in [2.75, 3.05) is 19.0 Å². The fraction of sp³-hybridized carbons (Fsp3) is 0.500. The van der Waals surface area contributed by atoms with Crippen molar-refractivity contribution in [2.45, 2.75) is 19.4 Å². The van der Waals surface area contributed by atoms with Crippen molar-refractivity contribution in [3.8, 4) is 0 Å². The first-order chi connectivity index (χ1) is 8.36. The average molecular weight is 249 g/mol. The molecule has 0 amide bonds. The van der Waals surface area contributed by atoms with Crippen molar-refractivity contribution in [3.05, 3.63) is 17.3 Å². The molecule has 3 rings (SSSR count). The maximum Gasteiger partial charge on any atom is 0.158 e. The highest BCUT2D eigenvalue weighted by Crippen LogP contribution is 2.29. The van der Waals surface area contributed by atoms with Crippen LogP contribution in [-0.4, -0.2) is 23.6 Å². The second-order valence-corrected chi connectivity index (χ2v) is 5.23. The molecular weight excluding hydrogens is 234 g/mol. The molecule has 0 bridgehead atoms. The molecule has 0 spiro atoms. The Morgan fingerprint density at radius 1 is 1.47 bits per heavy atom. The molecule has 5 heteroatoms. The second kappa shape index (κ2) is 4.58. The number of hydrogen-bond acceptors (Lipinski definition) is 5. The van der Waals surface area contributed by atoms with Crippen LogP contribution in [0.1, 0.15) is 18.7 Å². The van der Waals surface area contributed by atoms with Gasteiger partial charge in [-0.3, -0.25) is 0 Å². The van der Waals surface area contributed by atoms with Crippen molar-refractivity contribution in [2.24, 2.45) is 5.92 Å². The molecule has 1 saturated carbocycles. The molecule has 0 aliphatic heterocycles. The van der Waals surface area contributed by atoms with Gasteiger partial charge in [-0.1, -0.05) is 0 Å². The van der Waals surface area contributed by atoms with Crippen LogP contribution < -0.4 is 5.32 Å². The monoisotopic (exact) mass is 249 g/mol. The molecule has 0 radical (unpaired) electrons. The third-order valence-corrected chi connectivity index (χ3v) is 3.70. The van der Waals surface area contributed by atoms with Gasteiger partial charge in [0, 0.05) is 13.7 Å². The van der Waals surface area contributed by atoms with Crippen LogP contribution in [0, 0.1) is 5.92 Å². The van der Waals surface area contributed by atoms with Crippen LogP contribution in [0.5, 0.6) is 0 Å². The Morgan fingerprint density at radius 3 is 3.12 bits per heavy atom. The Morgan fingerprint density at radius 2 is 2.35 bits per heavy atom. The number of ether oxygens (including phenoxy) is 1. The highest BCUT2D eigenvalue weighted by atomic mass is 32.1. The lowest BCUT2D eigenvalue weighted by atomic mass is 10.4. The Kier molecular flexibility index (Phi) is 2.94. The van der Waals surface area contributed by atoms with Crippen LogP contribution in [-0.2, 0) is 11.3 Å². The third-order valence-electron chi connectivity index (χ3n) is 2.89. The van der Waals surface area contributed by atoms with E-state index < -0.39 is 0 Å². The molecule has 90 valence electrons. The van der Waals surface area contributed by atoms with Gasteiger partial charge in [0.05, 0.1) is 5.39 Å². The number of aromatic nitrogens is 2. The summed E-state index contributed by atoms with van der Waals surface area (Å²) in [5.41, 5.74) is 0. The highest BCUT2D eigenvalue weighted by Gasteiger charge is 2.21. The number of fused-ring (bicyclic) bond motifs is 1. The molecular formula is C12H15N3OS. The number of thiophene rings is 1. The lowest BCUT2D eigenvalue weighted by Gasteiger charge is -2.05. The quantitative estimate of drug-likeness (QED) is 0.885. The van der Waals surface area contributed by atoms with E-state index >= 15 is 0 Å². The Balaban J connectivity index is 1.77. The Labute approximate surface area is 104 Å². The second-order valence-electron chi connectivity index (χ2n) is 4.34. The summed E-state index contributed by atoms with van der Waals surface area (Å²) in [5, 5.41) is 6.23. The van der Waals surface area contributed by atoms with Crippen LogP contribution in [0.25, 0.3) is 10.2 Å². The van der Waals surface area contributed by atoms with Gasteiger partial charge in [-0.05, 0) is 30.2 Å². The lowest BCUT2D eigenvalue weighted by molar-refractivity contribution is 0.106. The van der Waals surface area contributed by atoms with Crippen molar-refractivity contribution in [1.82, 2.24) is 9.97 Å². The van der Waals surface area contributed by atoms with Crippen molar-refractivity contribution >= 4 is 27.4 Å². The standard InChI is InChI=1S/C12H15N3OS/c1-13-11-9-4-5-17-12(9)15-10(14-11)7-16-6-8-2-3-8/h4-5,8H,2-3,6-7H2,1H3,(H,13,14,15). The Bertz CT molecular complexity index is 521. The van der Waals surface area contributed by atoms with E-state index in [2.05, 4.69) is 15.3 Å². The molecule has 17 heavy (non-hydrogen) atoms. The number of nitrogens with zero attached hydrogens (tertiary/aromatic N) is 2. The summed E-state index contributed by atoms with van der Waals surface area (Å²) < 4.78 is 5.62. The summed E-state index contributed by atoms with van der Waals surface area (Å²) in [6.07, 6.45) is 2.62. The van der Waals surface area contributed by atoms with E-state index in [1.165, 1.54) is 12.8 Å². The van der Waals surface area contributed by atoms with Gasteiger partial charge in [0.1, 0.15) is 17.3 Å². The number of hydrogen-bond donors (Lipinski definition) is 1. The molecule has 0 saturated heterocycles. The molecule has 2 heterocycles. The van der Waals surface area contributed by atoms with E-state index in [0.29, 0.717) is 6.61 Å². The zero-order valence-corrected chi connectivity index (χ0v) is 10.6. The van der Waals surface area contributed by atoms with E-state index in [1.807, 2.05) is 18.5 Å². The van der Waals surface area contributed by atoms with Crippen molar-refractivity contribution in [3.63, 3.8) is 0 Å². The first-order valence-corrected chi connectivity index (χ1v) is 6.74. The molecule has 4 nitrogen and oxygen atoms in total. The zero-order valence-electron chi connectivity index (χ0n) is 9.77. The molecule has 2 aromatic heterocycles. The van der Waals surface area contributed by atoms with Crippen LogP contribution >= 0.6 is 11.3 Å². The minimum absolute atomic E-state index is 0.513. The molecule has 1 aliphatic carbocycles. The SMILES string of the molecule is CNc1nc(COCC2CC2)nc2sccc12. The molecule has 0 aromatic carbocycles. The van der Waals surface area contributed by atoms with Crippen molar-refractivity contribution in [1.29, 1.82) is 0 Å². The van der Waals surface area contributed by atoms with E-state index in [1.54, 1.807) is 11.3 Å². The number of nitrogens with one attached hydrogen (secondary N) is 1. The van der Waals surface area contributed by atoms with Crippen LogP contribution in [0.2, 0.25) is 0 Å². The number of rotatable bonds is 5. The van der Waals surface area contributed by atoms with E-state index in [4.69, 9.17) is 4.74 Å². The molecule has 0 unspecified atom stereocenters. The van der Waals surface area contributed by atoms with Gasteiger partial charge in [0.15, 0.2) is 5.82 Å². The molecule has 0 atom stereocenters. The topological polar surface area (TPSA) is 47.0 Å². The van der Waals surface area contributed by atoms with Gasteiger partial charge >= 0.3 is 0 Å². The summed E-state index contributed by atoms with van der Waals surface area (Å²) in [6, 6.07) is 2.04. The minimum atomic E-state index is 0.513. The van der Waals surface area contributed by atoms with E-state index in [9.17, 15) is 0 Å². The first-order valence-electron chi connectivity index (χ1n) is 5.86. The van der Waals surface area contributed by atoms with Gasteiger partial charge < -0.3 is 10.1 Å². The summed E-state index contributed by atoms with van der Waals surface area (Å²) in [7, 11) is 1.88. The van der Waals surface area contributed by atoms with Gasteiger partial charge in [0.2, 0.25) is 0 Å². The predicted octanol–water partition coefficient (Wildman–Crippen LogP) is 2.66. The van der Waals surface area contributed by atoms with E-state index in [-0.39, 0.29) is 0 Å². The highest BCUT2D eigenvalue weighted by molar-refractivity contribution is 7.16. The van der Waals surface area contributed by atoms with Crippen molar-refractivity contribution < 1.29 is 4.74 Å². The first kappa shape index (κ1) is 10.9. The fourth-order valence-electron chi connectivity index (χ4n) is 1.76. The predicted molar refractivity (Wildman–Crippen MR) is 69.3 cm³/mol. The summed E-state index contributed by atoms with van der Waals surface area (Å²) in [5.74, 6) is 2.44. The van der Waals surface area contributed by atoms with Gasteiger partial charge in [-0.25, -0.2) is 9.97 Å². The smallest absolute Gasteiger partial charge is 0.158 e. The zero-order chi connectivity index (χ0) is 11.7. The number of anilines is 1. The Hall–Kier alpha value is -1.20. The molecule has 1 fully saturated rings. The third kappa shape index (κ3) is 2.40. The fourth-order valence-corrected chi connectivity index (χ4v) is 2.54. The van der Waals surface area contributed by atoms with Crippen LogP contribution in [0.4, 0.5) is 5.82 Å². The summed E-state index contributed by atoms with van der Waals surface area (Å²) in [4.78, 5) is 9.99. The normalized spacial score (nSPS) is 15.4.